The summed E-state index contributed by atoms with van der Waals surface area (Å²) in [5.41, 5.74) is 0.164. The molecule has 0 bridgehead atoms. The molecule has 27 heavy (non-hydrogen) atoms. The van der Waals surface area contributed by atoms with Crippen molar-refractivity contribution in [1.82, 2.24) is 9.88 Å². The van der Waals surface area contributed by atoms with Crippen molar-refractivity contribution in [3.05, 3.63) is 41.5 Å². The van der Waals surface area contributed by atoms with E-state index in [1.54, 1.807) is 22.6 Å². The molecule has 3 aromatic rings. The molecule has 2 N–H and O–H groups in total. The number of benzene rings is 1. The summed E-state index contributed by atoms with van der Waals surface area (Å²) in [5.74, 6) is 0.306. The maximum atomic E-state index is 13.5. The molecule has 0 atom stereocenters. The lowest BCUT2D eigenvalue weighted by atomic mass is 10.1. The van der Waals surface area contributed by atoms with Gasteiger partial charge < -0.3 is 10.2 Å². The first-order chi connectivity index (χ1) is 12.9. The number of aromatic amines is 1. The fourth-order valence-corrected chi connectivity index (χ4v) is 3.25. The van der Waals surface area contributed by atoms with Crippen LogP contribution in [0.5, 0.6) is 0 Å². The Kier molecular flexibility index (Phi) is 5.24. The Bertz CT molecular complexity index is 996. The molecule has 1 aromatic carbocycles. The van der Waals surface area contributed by atoms with Gasteiger partial charge in [0.1, 0.15) is 22.7 Å². The summed E-state index contributed by atoms with van der Waals surface area (Å²) in [6.45, 7) is 7.02. The van der Waals surface area contributed by atoms with E-state index in [0.29, 0.717) is 29.9 Å². The number of nitrogens with one attached hydrogen (secondary N) is 2. The topological polar surface area (TPSA) is 59.0 Å². The number of likely N-dealkylation sites (N-methyl/N-ethyl adjacent to an activating group) is 1. The van der Waals surface area contributed by atoms with Crippen molar-refractivity contribution >= 4 is 22.5 Å². The van der Waals surface area contributed by atoms with Gasteiger partial charge in [0.25, 0.3) is 5.65 Å². The summed E-state index contributed by atoms with van der Waals surface area (Å²) >= 11 is 0. The van der Waals surface area contributed by atoms with Gasteiger partial charge in [-0.05, 0) is 25.2 Å². The molecule has 5 nitrogen and oxygen atoms in total. The van der Waals surface area contributed by atoms with E-state index in [1.165, 1.54) is 0 Å². The summed E-state index contributed by atoms with van der Waals surface area (Å²) in [6, 6.07) is 9.93. The number of hydrogen-bond donors (Lipinski definition) is 2. The second-order valence-corrected chi connectivity index (χ2v) is 6.21. The number of fused-ring (bicyclic) bond motifs is 3. The number of H-pyrrole nitrogens is 1. The van der Waals surface area contributed by atoms with Crippen LogP contribution in [0.3, 0.4) is 0 Å². The van der Waals surface area contributed by atoms with Crippen LogP contribution in [0.4, 0.5) is 19.0 Å². The van der Waals surface area contributed by atoms with Gasteiger partial charge >= 0.3 is 6.18 Å². The number of halogens is 3. The van der Waals surface area contributed by atoms with Crippen molar-refractivity contribution in [2.45, 2.75) is 20.0 Å². The minimum Gasteiger partial charge on any atom is -0.304 e. The first-order valence-corrected chi connectivity index (χ1v) is 8.83. The third kappa shape index (κ3) is 3.55. The Morgan fingerprint density at radius 2 is 1.93 bits per heavy atom. The molecule has 2 aromatic heterocycles. The van der Waals surface area contributed by atoms with E-state index in [1.807, 2.05) is 26.0 Å². The van der Waals surface area contributed by atoms with Crippen LogP contribution in [0.15, 0.2) is 30.3 Å². The SMILES string of the molecule is CCN(CC)CCNc1cc(C(F)(F)F)c(C#N)c2[nH]c3ccccc3[n+]12. The van der Waals surface area contributed by atoms with E-state index in [9.17, 15) is 18.4 Å². The van der Waals surface area contributed by atoms with Crippen molar-refractivity contribution < 1.29 is 17.6 Å². The highest BCUT2D eigenvalue weighted by Crippen LogP contribution is 2.34. The van der Waals surface area contributed by atoms with Crippen LogP contribution in [0, 0.1) is 11.3 Å². The van der Waals surface area contributed by atoms with Crippen LogP contribution in [0.2, 0.25) is 0 Å². The van der Waals surface area contributed by atoms with Gasteiger partial charge in [0, 0.05) is 12.6 Å². The number of pyridine rings is 1. The molecule has 3 rings (SSSR count). The number of nitriles is 1. The van der Waals surface area contributed by atoms with Gasteiger partial charge in [-0.1, -0.05) is 26.0 Å². The molecule has 0 saturated heterocycles. The minimum absolute atomic E-state index is 0.138. The Hall–Kier alpha value is -2.79. The zero-order valence-electron chi connectivity index (χ0n) is 15.2. The van der Waals surface area contributed by atoms with Crippen LogP contribution in [0.1, 0.15) is 25.0 Å². The largest absolute Gasteiger partial charge is 0.418 e. The Morgan fingerprint density at radius 1 is 1.22 bits per heavy atom. The quantitative estimate of drug-likeness (QED) is 0.647. The molecule has 0 aliphatic carbocycles. The molecule has 0 aliphatic rings. The van der Waals surface area contributed by atoms with Crippen LogP contribution >= 0.6 is 0 Å². The highest BCUT2D eigenvalue weighted by molar-refractivity contribution is 5.77. The van der Waals surface area contributed by atoms with Crippen molar-refractivity contribution in [1.29, 1.82) is 5.26 Å². The molecule has 0 fully saturated rings. The minimum atomic E-state index is -4.62. The predicted octanol–water partition coefficient (Wildman–Crippen LogP) is 3.55. The average Bonchev–Trinajstić information content (AvgIpc) is 3.03. The highest BCUT2D eigenvalue weighted by Gasteiger charge is 2.38. The van der Waals surface area contributed by atoms with E-state index in [2.05, 4.69) is 15.2 Å². The van der Waals surface area contributed by atoms with Crippen LogP contribution < -0.4 is 9.72 Å². The molecular weight excluding hydrogens is 355 g/mol. The number of nitrogens with zero attached hydrogens (tertiary/aromatic N) is 3. The van der Waals surface area contributed by atoms with Gasteiger partial charge in [0.2, 0.25) is 5.82 Å². The maximum absolute atomic E-state index is 13.5. The summed E-state index contributed by atoms with van der Waals surface area (Å²) < 4.78 is 42.3. The fourth-order valence-electron chi connectivity index (χ4n) is 3.25. The van der Waals surface area contributed by atoms with E-state index in [4.69, 9.17) is 0 Å². The van der Waals surface area contributed by atoms with Crippen LogP contribution in [-0.4, -0.2) is 36.1 Å². The third-order valence-electron chi connectivity index (χ3n) is 4.70. The lowest BCUT2D eigenvalue weighted by Crippen LogP contribution is -2.33. The van der Waals surface area contributed by atoms with Crippen molar-refractivity contribution in [3.8, 4) is 6.07 Å². The first kappa shape index (κ1) is 19.0. The van der Waals surface area contributed by atoms with Crippen molar-refractivity contribution in [2.75, 3.05) is 31.5 Å². The monoisotopic (exact) mass is 376 g/mol. The van der Waals surface area contributed by atoms with Gasteiger partial charge in [-0.25, -0.2) is 0 Å². The van der Waals surface area contributed by atoms with Crippen molar-refractivity contribution in [3.63, 3.8) is 0 Å². The van der Waals surface area contributed by atoms with Gasteiger partial charge in [0.15, 0.2) is 0 Å². The summed E-state index contributed by atoms with van der Waals surface area (Å²) in [7, 11) is 0. The summed E-state index contributed by atoms with van der Waals surface area (Å²) in [5, 5.41) is 12.5. The molecule has 8 heteroatoms. The lowest BCUT2D eigenvalue weighted by Gasteiger charge is -2.17. The van der Waals surface area contributed by atoms with Crippen LogP contribution in [-0.2, 0) is 6.18 Å². The summed E-state index contributed by atoms with van der Waals surface area (Å²) in [4.78, 5) is 5.14. The number of para-hydroxylation sites is 2. The predicted molar refractivity (Wildman–Crippen MR) is 97.5 cm³/mol. The average molecular weight is 376 g/mol. The van der Waals surface area contributed by atoms with E-state index < -0.39 is 17.3 Å². The smallest absolute Gasteiger partial charge is 0.304 e. The zero-order valence-corrected chi connectivity index (χ0v) is 15.2. The highest BCUT2D eigenvalue weighted by atomic mass is 19.4. The number of rotatable bonds is 6. The standard InChI is InChI=1S/C19H20F3N5/c1-3-26(4-2)10-9-24-17-11-14(19(20,21)22)13(12-23)18-25-15-7-5-6-8-16(15)27(17)18/h5-8,11H,3-4,9-10H2,1-2H3,(H,24,25)/p+1. The Labute approximate surface area is 155 Å². The number of imidazole rings is 1. The normalized spacial score (nSPS) is 12.0. The second kappa shape index (κ2) is 7.45. The number of alkyl halides is 3. The number of aromatic nitrogens is 2. The molecule has 0 unspecified atom stereocenters. The zero-order chi connectivity index (χ0) is 19.6. The van der Waals surface area contributed by atoms with Gasteiger partial charge in [-0.15, -0.1) is 0 Å². The number of hydrogen-bond acceptors (Lipinski definition) is 3. The molecule has 2 heterocycles. The maximum Gasteiger partial charge on any atom is 0.418 e. The molecule has 0 saturated carbocycles. The molecule has 0 amide bonds. The second-order valence-electron chi connectivity index (χ2n) is 6.21. The summed E-state index contributed by atoms with van der Waals surface area (Å²) in [6.07, 6.45) is -4.62. The van der Waals surface area contributed by atoms with Crippen LogP contribution in [0.25, 0.3) is 16.7 Å². The first-order valence-electron chi connectivity index (χ1n) is 8.83. The lowest BCUT2D eigenvalue weighted by molar-refractivity contribution is -0.465. The van der Waals surface area contributed by atoms with E-state index in [0.717, 1.165) is 19.2 Å². The number of anilines is 1. The Balaban J connectivity index is 2.17. The molecule has 142 valence electrons. The van der Waals surface area contributed by atoms with Gasteiger partial charge in [-0.2, -0.15) is 22.8 Å². The van der Waals surface area contributed by atoms with Gasteiger partial charge in [0.05, 0.1) is 12.1 Å². The van der Waals surface area contributed by atoms with E-state index >= 15 is 0 Å². The molecular formula is C19H21F3N5+. The van der Waals surface area contributed by atoms with Gasteiger partial charge in [-0.3, -0.25) is 4.98 Å². The van der Waals surface area contributed by atoms with Crippen molar-refractivity contribution in [2.24, 2.45) is 0 Å². The van der Waals surface area contributed by atoms with E-state index in [-0.39, 0.29) is 5.65 Å². The fraction of sp³-hybridized carbons (Fsp3) is 0.368. The molecule has 0 aliphatic heterocycles. The molecule has 0 radical (unpaired) electrons. The third-order valence-corrected chi connectivity index (χ3v) is 4.70. The molecule has 0 spiro atoms. The Morgan fingerprint density at radius 3 is 2.56 bits per heavy atom.